The van der Waals surface area contributed by atoms with E-state index in [2.05, 4.69) is 18.5 Å². The van der Waals surface area contributed by atoms with Gasteiger partial charge in [0.15, 0.2) is 0 Å². The van der Waals surface area contributed by atoms with E-state index in [1.807, 2.05) is 48.5 Å². The molecule has 3 N–H and O–H groups in total. The minimum atomic E-state index is -0.745. The largest absolute Gasteiger partial charge is 0.384 e. The third-order valence-electron chi connectivity index (χ3n) is 3.27. The number of rotatable bonds is 6. The molecule has 0 radical (unpaired) electrons. The molecule has 0 saturated heterocycles. The van der Waals surface area contributed by atoms with Crippen molar-refractivity contribution in [1.29, 1.82) is 0 Å². The van der Waals surface area contributed by atoms with Crippen molar-refractivity contribution in [2.75, 3.05) is 5.32 Å². The predicted octanol–water partition coefficient (Wildman–Crippen LogP) is 3.87. The molecule has 0 aliphatic rings. The zero-order valence-electron chi connectivity index (χ0n) is 11.7. The van der Waals surface area contributed by atoms with E-state index in [1.165, 1.54) is 12.2 Å². The second-order valence-electron chi connectivity index (χ2n) is 4.66. The van der Waals surface area contributed by atoms with Crippen molar-refractivity contribution < 1.29 is 10.2 Å². The first-order valence-electron chi connectivity index (χ1n) is 6.73. The molecule has 0 aromatic heterocycles. The van der Waals surface area contributed by atoms with Gasteiger partial charge in [-0.2, -0.15) is 0 Å². The molecule has 0 aliphatic heterocycles. The van der Waals surface area contributed by atoms with Gasteiger partial charge in [0.2, 0.25) is 0 Å². The van der Waals surface area contributed by atoms with Crippen LogP contribution in [0.25, 0.3) is 0 Å². The normalized spacial score (nSPS) is 13.2. The van der Waals surface area contributed by atoms with Crippen molar-refractivity contribution in [2.45, 2.75) is 12.2 Å². The summed E-state index contributed by atoms with van der Waals surface area (Å²) in [6, 6.07) is 14.9. The molecule has 108 valence electrons. The molecule has 0 heterocycles. The minimum absolute atomic E-state index is 0.732. The molecule has 0 saturated carbocycles. The van der Waals surface area contributed by atoms with E-state index >= 15 is 0 Å². The van der Waals surface area contributed by atoms with Crippen LogP contribution in [0.1, 0.15) is 23.3 Å². The lowest BCUT2D eigenvalue weighted by atomic mass is 10.0. The van der Waals surface area contributed by atoms with Gasteiger partial charge in [-0.05, 0) is 12.1 Å². The summed E-state index contributed by atoms with van der Waals surface area (Å²) in [7, 11) is 0. The van der Waals surface area contributed by atoms with Gasteiger partial charge in [0.1, 0.15) is 0 Å². The van der Waals surface area contributed by atoms with Gasteiger partial charge in [-0.3, -0.25) is 0 Å². The Labute approximate surface area is 124 Å². The maximum Gasteiger partial charge on any atom is 0.0989 e. The Balaban J connectivity index is 2.39. The van der Waals surface area contributed by atoms with Crippen molar-refractivity contribution in [3.05, 3.63) is 85.0 Å². The smallest absolute Gasteiger partial charge is 0.0989 e. The molecule has 2 aromatic rings. The summed E-state index contributed by atoms with van der Waals surface area (Å²) < 4.78 is 0. The lowest BCUT2D eigenvalue weighted by Gasteiger charge is -2.18. The van der Waals surface area contributed by atoms with Gasteiger partial charge in [-0.15, -0.1) is 13.2 Å². The van der Waals surface area contributed by atoms with Crippen LogP contribution in [0.5, 0.6) is 0 Å². The van der Waals surface area contributed by atoms with Crippen LogP contribution in [-0.4, -0.2) is 10.2 Å². The number of nitrogens with one attached hydrogen (secondary N) is 1. The molecular formula is C18H19NO2. The quantitative estimate of drug-likeness (QED) is 0.704. The molecule has 0 aliphatic carbocycles. The fourth-order valence-corrected chi connectivity index (χ4v) is 2.14. The number of aliphatic hydroxyl groups excluding tert-OH is 2. The van der Waals surface area contributed by atoms with Crippen molar-refractivity contribution in [3.8, 4) is 0 Å². The van der Waals surface area contributed by atoms with Crippen LogP contribution in [0.4, 0.5) is 11.4 Å². The number of aliphatic hydroxyl groups is 2. The molecule has 2 unspecified atom stereocenters. The van der Waals surface area contributed by atoms with Crippen LogP contribution >= 0.6 is 0 Å². The summed E-state index contributed by atoms with van der Waals surface area (Å²) >= 11 is 0. The Hall–Kier alpha value is -2.36. The Morgan fingerprint density at radius 3 is 1.52 bits per heavy atom. The lowest BCUT2D eigenvalue weighted by molar-refractivity contribution is 0.229. The first-order valence-corrected chi connectivity index (χ1v) is 6.73. The maximum absolute atomic E-state index is 9.99. The minimum Gasteiger partial charge on any atom is -0.384 e. The zero-order chi connectivity index (χ0) is 15.2. The zero-order valence-corrected chi connectivity index (χ0v) is 11.7. The highest BCUT2D eigenvalue weighted by Crippen LogP contribution is 2.30. The summed E-state index contributed by atoms with van der Waals surface area (Å²) in [5.74, 6) is 0. The fraction of sp³-hybridized carbons (Fsp3) is 0.111. The van der Waals surface area contributed by atoms with Crippen molar-refractivity contribution in [2.24, 2.45) is 0 Å². The monoisotopic (exact) mass is 281 g/mol. The second-order valence-corrected chi connectivity index (χ2v) is 4.66. The number of hydrogen-bond donors (Lipinski definition) is 3. The Kier molecular flexibility index (Phi) is 4.93. The van der Waals surface area contributed by atoms with E-state index < -0.39 is 12.2 Å². The molecule has 0 spiro atoms. The van der Waals surface area contributed by atoms with Crippen molar-refractivity contribution in [1.82, 2.24) is 0 Å². The van der Waals surface area contributed by atoms with Crippen LogP contribution < -0.4 is 5.32 Å². The van der Waals surface area contributed by atoms with Gasteiger partial charge >= 0.3 is 0 Å². The van der Waals surface area contributed by atoms with Crippen LogP contribution in [-0.2, 0) is 0 Å². The van der Waals surface area contributed by atoms with Gasteiger partial charge in [0.25, 0.3) is 0 Å². The van der Waals surface area contributed by atoms with Gasteiger partial charge in [0.05, 0.1) is 12.2 Å². The number of hydrogen-bond acceptors (Lipinski definition) is 3. The van der Waals surface area contributed by atoms with E-state index in [4.69, 9.17) is 0 Å². The molecule has 2 rings (SSSR count). The number of anilines is 2. The lowest BCUT2D eigenvalue weighted by Crippen LogP contribution is -2.03. The molecule has 0 fully saturated rings. The molecule has 2 atom stereocenters. The van der Waals surface area contributed by atoms with E-state index in [9.17, 15) is 10.2 Å². The van der Waals surface area contributed by atoms with E-state index in [0.717, 1.165) is 22.5 Å². The number of para-hydroxylation sites is 2. The van der Waals surface area contributed by atoms with Crippen molar-refractivity contribution in [3.63, 3.8) is 0 Å². The average molecular weight is 281 g/mol. The van der Waals surface area contributed by atoms with Gasteiger partial charge in [-0.25, -0.2) is 0 Å². The molecule has 0 amide bonds. The maximum atomic E-state index is 9.99. The average Bonchev–Trinajstić information content (AvgIpc) is 2.54. The van der Waals surface area contributed by atoms with Crippen LogP contribution in [0.3, 0.4) is 0 Å². The highest BCUT2D eigenvalue weighted by atomic mass is 16.3. The topological polar surface area (TPSA) is 52.5 Å². The SMILES string of the molecule is C=CC(O)c1ccccc1Nc1ccccc1C(O)C=C. The van der Waals surface area contributed by atoms with Gasteiger partial charge in [0, 0.05) is 22.5 Å². The molecular weight excluding hydrogens is 262 g/mol. The molecule has 0 bridgehead atoms. The van der Waals surface area contributed by atoms with Gasteiger partial charge < -0.3 is 15.5 Å². The first kappa shape index (κ1) is 15.0. The fourth-order valence-electron chi connectivity index (χ4n) is 2.14. The first-order chi connectivity index (χ1) is 10.2. The molecule has 3 heteroatoms. The summed E-state index contributed by atoms with van der Waals surface area (Å²) in [4.78, 5) is 0. The Morgan fingerprint density at radius 1 is 0.762 bits per heavy atom. The van der Waals surface area contributed by atoms with E-state index in [0.29, 0.717) is 0 Å². The predicted molar refractivity (Wildman–Crippen MR) is 86.5 cm³/mol. The highest BCUT2D eigenvalue weighted by Gasteiger charge is 2.12. The second kappa shape index (κ2) is 6.88. The van der Waals surface area contributed by atoms with Crippen LogP contribution in [0.2, 0.25) is 0 Å². The third kappa shape index (κ3) is 3.40. The summed E-state index contributed by atoms with van der Waals surface area (Å²) in [6.45, 7) is 7.23. The van der Waals surface area contributed by atoms with Gasteiger partial charge in [-0.1, -0.05) is 48.6 Å². The molecule has 2 aromatic carbocycles. The number of benzene rings is 2. The molecule has 3 nitrogen and oxygen atoms in total. The third-order valence-corrected chi connectivity index (χ3v) is 3.27. The van der Waals surface area contributed by atoms with Crippen LogP contribution in [0, 0.1) is 0 Å². The standard InChI is InChI=1S/C18H19NO2/c1-3-17(20)13-9-5-7-11-15(13)19-16-12-8-6-10-14(16)18(21)4-2/h3-12,17-21H,1-2H2. The highest BCUT2D eigenvalue weighted by molar-refractivity contribution is 5.67. The summed E-state index contributed by atoms with van der Waals surface area (Å²) in [6.07, 6.45) is 1.46. The summed E-state index contributed by atoms with van der Waals surface area (Å²) in [5.41, 5.74) is 3.01. The van der Waals surface area contributed by atoms with Crippen molar-refractivity contribution >= 4 is 11.4 Å². The Morgan fingerprint density at radius 2 is 1.14 bits per heavy atom. The molecule has 21 heavy (non-hydrogen) atoms. The summed E-state index contributed by atoms with van der Waals surface area (Å²) in [5, 5.41) is 23.2. The van der Waals surface area contributed by atoms with Crippen LogP contribution in [0.15, 0.2) is 73.8 Å². The van der Waals surface area contributed by atoms with E-state index in [-0.39, 0.29) is 0 Å². The Bertz CT molecular complexity index is 581. The van der Waals surface area contributed by atoms with E-state index in [1.54, 1.807) is 0 Å².